The largest absolute Gasteiger partial charge is 0.462 e. The van der Waals surface area contributed by atoms with E-state index in [0.29, 0.717) is 17.0 Å². The van der Waals surface area contributed by atoms with Crippen molar-refractivity contribution >= 4 is 28.2 Å². The minimum Gasteiger partial charge on any atom is -0.462 e. The Kier molecular flexibility index (Phi) is 7.39. The average Bonchev–Trinajstić information content (AvgIpc) is 3.17. The van der Waals surface area contributed by atoms with Crippen LogP contribution in [0.2, 0.25) is 0 Å². The number of nitrogens with one attached hydrogen (secondary N) is 1. The lowest BCUT2D eigenvalue weighted by Gasteiger charge is -2.30. The average molecular weight is 412 g/mol. The minimum atomic E-state index is -0.422. The number of amides is 1. The van der Waals surface area contributed by atoms with E-state index in [1.165, 1.54) is 11.3 Å². The molecule has 152 valence electrons. The normalized spacial score (nSPS) is 14.9. The maximum atomic E-state index is 12.8. The van der Waals surface area contributed by atoms with E-state index in [4.69, 9.17) is 10.00 Å². The molecule has 6 nitrogen and oxygen atoms in total. The first-order chi connectivity index (χ1) is 14.1. The Morgan fingerprint density at radius 2 is 2.00 bits per heavy atom. The van der Waals surface area contributed by atoms with Crippen molar-refractivity contribution in [2.75, 3.05) is 31.6 Å². The lowest BCUT2D eigenvalue weighted by molar-refractivity contribution is -0.121. The number of esters is 1. The number of carbonyl (C=O) groups is 2. The molecule has 2 aromatic rings. The van der Waals surface area contributed by atoms with Crippen LogP contribution >= 0.6 is 11.3 Å². The van der Waals surface area contributed by atoms with Crippen LogP contribution in [0.3, 0.4) is 0 Å². The molecule has 1 amide bonds. The number of thiophene rings is 1. The lowest BCUT2D eigenvalue weighted by Crippen LogP contribution is -2.38. The molecule has 0 aliphatic carbocycles. The quantitative estimate of drug-likeness (QED) is 0.692. The highest BCUT2D eigenvalue weighted by atomic mass is 32.1. The third-order valence-electron chi connectivity index (χ3n) is 5.09. The first-order valence-corrected chi connectivity index (χ1v) is 10.8. The number of nitrogens with zero attached hydrogens (tertiary/aromatic N) is 2. The molecule has 0 saturated carbocycles. The van der Waals surface area contributed by atoms with Gasteiger partial charge in [0.15, 0.2) is 0 Å². The van der Waals surface area contributed by atoms with E-state index in [9.17, 15) is 9.59 Å². The van der Waals surface area contributed by atoms with Crippen molar-refractivity contribution in [3.05, 3.63) is 41.3 Å². The van der Waals surface area contributed by atoms with Crippen molar-refractivity contribution in [3.8, 4) is 17.2 Å². The summed E-state index contributed by atoms with van der Waals surface area (Å²) in [5.74, 6) is -0.572. The topological polar surface area (TPSA) is 82.4 Å². The summed E-state index contributed by atoms with van der Waals surface area (Å²) < 4.78 is 5.25. The highest BCUT2D eigenvalue weighted by molar-refractivity contribution is 7.15. The molecule has 7 heteroatoms. The van der Waals surface area contributed by atoms with Gasteiger partial charge in [-0.1, -0.05) is 30.3 Å². The van der Waals surface area contributed by atoms with Gasteiger partial charge in [0.05, 0.1) is 12.7 Å². The molecule has 0 radical (unpaired) electrons. The van der Waals surface area contributed by atoms with Crippen LogP contribution in [0.15, 0.2) is 35.7 Å². The predicted octanol–water partition coefficient (Wildman–Crippen LogP) is 4.16. The van der Waals surface area contributed by atoms with Crippen LogP contribution in [-0.2, 0) is 9.53 Å². The highest BCUT2D eigenvalue weighted by Crippen LogP contribution is 2.36. The first kappa shape index (κ1) is 21.0. The summed E-state index contributed by atoms with van der Waals surface area (Å²) in [5, 5.41) is 14.1. The van der Waals surface area contributed by atoms with Crippen molar-refractivity contribution in [3.63, 3.8) is 0 Å². The van der Waals surface area contributed by atoms with Gasteiger partial charge in [-0.2, -0.15) is 5.26 Å². The fraction of sp³-hybridized carbons (Fsp3) is 0.409. The van der Waals surface area contributed by atoms with E-state index in [1.807, 2.05) is 35.7 Å². The van der Waals surface area contributed by atoms with Gasteiger partial charge in [0.1, 0.15) is 10.6 Å². The number of rotatable bonds is 7. The molecule has 3 rings (SSSR count). The molecule has 1 N–H and O–H groups in total. The molecule has 1 aromatic heterocycles. The van der Waals surface area contributed by atoms with Gasteiger partial charge in [-0.25, -0.2) is 4.79 Å². The lowest BCUT2D eigenvalue weighted by atomic mass is 9.95. The molecule has 0 unspecified atom stereocenters. The number of ether oxygens (including phenoxy) is 1. The summed E-state index contributed by atoms with van der Waals surface area (Å²) in [6.45, 7) is 4.42. The molecule has 1 aromatic carbocycles. The number of likely N-dealkylation sites (tertiary alicyclic amines) is 1. The zero-order chi connectivity index (χ0) is 20.6. The van der Waals surface area contributed by atoms with Gasteiger partial charge in [0.2, 0.25) is 5.91 Å². The van der Waals surface area contributed by atoms with Crippen molar-refractivity contribution in [2.45, 2.75) is 26.2 Å². The standard InChI is InChI=1S/C22H25N3O3S/c1-2-28-22(27)19-18(16-7-4-3-5-8-16)15-29-21(19)24-20(26)17-9-13-25(14-10-17)12-6-11-23/h3-5,7-8,15,17H,2,6,9-10,12-14H2,1H3,(H,24,26). The summed E-state index contributed by atoms with van der Waals surface area (Å²) in [6, 6.07) is 11.8. The molecule has 0 atom stereocenters. The monoisotopic (exact) mass is 411 g/mol. The Morgan fingerprint density at radius 3 is 2.66 bits per heavy atom. The van der Waals surface area contributed by atoms with E-state index in [-0.39, 0.29) is 18.4 Å². The van der Waals surface area contributed by atoms with Gasteiger partial charge in [-0.15, -0.1) is 11.3 Å². The number of carbonyl (C=O) groups excluding carboxylic acids is 2. The van der Waals surface area contributed by atoms with Crippen LogP contribution in [0.25, 0.3) is 11.1 Å². The maximum absolute atomic E-state index is 12.8. The molecule has 29 heavy (non-hydrogen) atoms. The fourth-order valence-electron chi connectivity index (χ4n) is 3.53. The van der Waals surface area contributed by atoms with Crippen molar-refractivity contribution in [1.29, 1.82) is 5.26 Å². The Hall–Kier alpha value is -2.69. The molecule has 1 fully saturated rings. The number of anilines is 1. The SMILES string of the molecule is CCOC(=O)c1c(-c2ccccc2)csc1NC(=O)C1CCN(CCC#N)CC1. The van der Waals surface area contributed by atoms with Crippen LogP contribution in [0.5, 0.6) is 0 Å². The minimum absolute atomic E-state index is 0.0584. The van der Waals surface area contributed by atoms with Gasteiger partial charge >= 0.3 is 5.97 Å². The van der Waals surface area contributed by atoms with Crippen LogP contribution in [0, 0.1) is 17.2 Å². The van der Waals surface area contributed by atoms with E-state index < -0.39 is 5.97 Å². The van der Waals surface area contributed by atoms with E-state index in [0.717, 1.165) is 43.6 Å². The van der Waals surface area contributed by atoms with Crippen LogP contribution in [-0.4, -0.2) is 43.0 Å². The highest BCUT2D eigenvalue weighted by Gasteiger charge is 2.28. The summed E-state index contributed by atoms with van der Waals surface area (Å²) >= 11 is 1.35. The third-order valence-corrected chi connectivity index (χ3v) is 5.99. The van der Waals surface area contributed by atoms with Crippen LogP contribution in [0.4, 0.5) is 5.00 Å². The Morgan fingerprint density at radius 1 is 1.28 bits per heavy atom. The fourth-order valence-corrected chi connectivity index (χ4v) is 4.49. The second-order valence-corrected chi connectivity index (χ2v) is 7.83. The summed E-state index contributed by atoms with van der Waals surface area (Å²) in [6.07, 6.45) is 2.02. The van der Waals surface area contributed by atoms with Gasteiger partial charge in [-0.05, 0) is 38.4 Å². The van der Waals surface area contributed by atoms with Crippen molar-refractivity contribution in [2.24, 2.45) is 5.92 Å². The Bertz CT molecular complexity index is 880. The van der Waals surface area contributed by atoms with Crippen molar-refractivity contribution < 1.29 is 14.3 Å². The first-order valence-electron chi connectivity index (χ1n) is 9.88. The predicted molar refractivity (Wildman–Crippen MR) is 114 cm³/mol. The zero-order valence-corrected chi connectivity index (χ0v) is 17.3. The second-order valence-electron chi connectivity index (χ2n) is 6.95. The zero-order valence-electron chi connectivity index (χ0n) is 16.5. The summed E-state index contributed by atoms with van der Waals surface area (Å²) in [4.78, 5) is 27.7. The third kappa shape index (κ3) is 5.22. The molecule has 1 aliphatic rings. The van der Waals surface area contributed by atoms with Gasteiger partial charge in [-0.3, -0.25) is 4.79 Å². The Labute approximate surface area is 175 Å². The number of hydrogen-bond donors (Lipinski definition) is 1. The molecule has 1 saturated heterocycles. The molecule has 1 aliphatic heterocycles. The molecule has 0 bridgehead atoms. The van der Waals surface area contributed by atoms with Gasteiger partial charge in [0.25, 0.3) is 0 Å². The number of nitriles is 1. The summed E-state index contributed by atoms with van der Waals surface area (Å²) in [7, 11) is 0. The number of hydrogen-bond acceptors (Lipinski definition) is 6. The van der Waals surface area contributed by atoms with Crippen LogP contribution < -0.4 is 5.32 Å². The molecular weight excluding hydrogens is 386 g/mol. The van der Waals surface area contributed by atoms with E-state index in [1.54, 1.807) is 6.92 Å². The van der Waals surface area contributed by atoms with Crippen LogP contribution in [0.1, 0.15) is 36.5 Å². The Balaban J connectivity index is 1.74. The number of benzene rings is 1. The van der Waals surface area contributed by atoms with E-state index >= 15 is 0 Å². The second kappa shape index (κ2) is 10.2. The molecule has 0 spiro atoms. The number of piperidine rings is 1. The van der Waals surface area contributed by atoms with E-state index in [2.05, 4.69) is 16.3 Å². The van der Waals surface area contributed by atoms with Crippen molar-refractivity contribution in [1.82, 2.24) is 4.90 Å². The molecule has 2 heterocycles. The molecular formula is C22H25N3O3S. The van der Waals surface area contributed by atoms with Gasteiger partial charge < -0.3 is 15.0 Å². The maximum Gasteiger partial charge on any atom is 0.341 e. The summed E-state index contributed by atoms with van der Waals surface area (Å²) in [5.41, 5.74) is 2.11. The smallest absolute Gasteiger partial charge is 0.341 e. The van der Waals surface area contributed by atoms with Gasteiger partial charge in [0, 0.05) is 29.8 Å².